The zero-order chi connectivity index (χ0) is 11.5. The highest BCUT2D eigenvalue weighted by Gasteiger charge is 2.26. The lowest BCUT2D eigenvalue weighted by atomic mass is 9.82. The molecule has 1 heterocycles. The number of anilines is 1. The average molecular weight is 223 g/mol. The number of nitrogens with one attached hydrogen (secondary N) is 1. The van der Waals surface area contributed by atoms with Crippen LogP contribution in [0.1, 0.15) is 23.3 Å². The van der Waals surface area contributed by atoms with E-state index in [1.165, 1.54) is 12.4 Å². The minimum atomic E-state index is -1.09. The van der Waals surface area contributed by atoms with E-state index in [-0.39, 0.29) is 11.8 Å². The summed E-state index contributed by atoms with van der Waals surface area (Å²) in [5.74, 6) is -0.193. The van der Waals surface area contributed by atoms with Crippen molar-refractivity contribution < 1.29 is 15.0 Å². The SMILES string of the molecule is O=C(O)c1cncc(NCC2CC(O)C2)n1. The molecule has 0 unspecified atom stereocenters. The van der Waals surface area contributed by atoms with Crippen LogP contribution < -0.4 is 5.32 Å². The first kappa shape index (κ1) is 10.8. The molecule has 0 radical (unpaired) electrons. The highest BCUT2D eigenvalue weighted by molar-refractivity contribution is 5.85. The van der Waals surface area contributed by atoms with Crippen molar-refractivity contribution in [3.05, 3.63) is 18.1 Å². The number of rotatable bonds is 4. The van der Waals surface area contributed by atoms with E-state index in [4.69, 9.17) is 10.2 Å². The van der Waals surface area contributed by atoms with E-state index in [0.717, 1.165) is 12.8 Å². The molecule has 0 spiro atoms. The van der Waals surface area contributed by atoms with Crippen molar-refractivity contribution in [3.63, 3.8) is 0 Å². The first-order chi connectivity index (χ1) is 7.65. The van der Waals surface area contributed by atoms with Crippen molar-refractivity contribution in [2.24, 2.45) is 5.92 Å². The van der Waals surface area contributed by atoms with Crippen LogP contribution in [0.25, 0.3) is 0 Å². The Bertz CT molecular complexity index is 391. The first-order valence-corrected chi connectivity index (χ1v) is 5.12. The number of hydrogen-bond acceptors (Lipinski definition) is 5. The second-order valence-corrected chi connectivity index (χ2v) is 3.97. The molecule has 1 aliphatic carbocycles. The van der Waals surface area contributed by atoms with E-state index in [2.05, 4.69) is 15.3 Å². The van der Waals surface area contributed by atoms with Crippen LogP contribution in [0.4, 0.5) is 5.82 Å². The molecule has 3 N–H and O–H groups in total. The van der Waals surface area contributed by atoms with Gasteiger partial charge < -0.3 is 15.5 Å². The number of aromatic nitrogens is 2. The molecule has 6 nitrogen and oxygen atoms in total. The molecular formula is C10H13N3O3. The van der Waals surface area contributed by atoms with Crippen LogP contribution in [0.2, 0.25) is 0 Å². The van der Waals surface area contributed by atoms with Gasteiger partial charge in [0.05, 0.1) is 18.5 Å². The Morgan fingerprint density at radius 1 is 1.50 bits per heavy atom. The molecule has 86 valence electrons. The summed E-state index contributed by atoms with van der Waals surface area (Å²) in [6.45, 7) is 0.689. The minimum Gasteiger partial charge on any atom is -0.476 e. The standard InChI is InChI=1S/C10H13N3O3/c14-7-1-6(2-7)3-12-9-5-11-4-8(13-9)10(15)16/h4-7,14H,1-3H2,(H,12,13)(H,15,16). The maximum absolute atomic E-state index is 10.6. The second-order valence-electron chi connectivity index (χ2n) is 3.97. The maximum atomic E-state index is 10.6. The largest absolute Gasteiger partial charge is 0.476 e. The van der Waals surface area contributed by atoms with Gasteiger partial charge in [-0.1, -0.05) is 0 Å². The van der Waals surface area contributed by atoms with Gasteiger partial charge >= 0.3 is 5.97 Å². The molecule has 16 heavy (non-hydrogen) atoms. The van der Waals surface area contributed by atoms with Gasteiger partial charge in [-0.05, 0) is 18.8 Å². The molecule has 1 aliphatic rings. The molecule has 1 aromatic rings. The van der Waals surface area contributed by atoms with Crippen molar-refractivity contribution in [1.29, 1.82) is 0 Å². The molecule has 1 fully saturated rings. The summed E-state index contributed by atoms with van der Waals surface area (Å²) < 4.78 is 0. The van der Waals surface area contributed by atoms with E-state index in [1.54, 1.807) is 0 Å². The van der Waals surface area contributed by atoms with Crippen molar-refractivity contribution in [2.45, 2.75) is 18.9 Å². The molecule has 0 aromatic carbocycles. The number of carboxylic acids is 1. The highest BCUT2D eigenvalue weighted by atomic mass is 16.4. The summed E-state index contributed by atoms with van der Waals surface area (Å²) in [4.78, 5) is 18.3. The summed E-state index contributed by atoms with van der Waals surface area (Å²) in [5, 5.41) is 20.8. The monoisotopic (exact) mass is 223 g/mol. The van der Waals surface area contributed by atoms with Gasteiger partial charge in [0.1, 0.15) is 5.82 Å². The lowest BCUT2D eigenvalue weighted by Crippen LogP contribution is -2.33. The Hall–Kier alpha value is -1.69. The Kier molecular flexibility index (Phi) is 3.00. The fourth-order valence-electron chi connectivity index (χ4n) is 1.67. The zero-order valence-electron chi connectivity index (χ0n) is 8.63. The van der Waals surface area contributed by atoms with E-state index in [1.807, 2.05) is 0 Å². The molecule has 6 heteroatoms. The van der Waals surface area contributed by atoms with Crippen LogP contribution in [-0.4, -0.2) is 38.8 Å². The average Bonchev–Trinajstić information content (AvgIpc) is 2.23. The van der Waals surface area contributed by atoms with Crippen molar-refractivity contribution in [3.8, 4) is 0 Å². The van der Waals surface area contributed by atoms with E-state index in [9.17, 15) is 4.79 Å². The molecular weight excluding hydrogens is 210 g/mol. The van der Waals surface area contributed by atoms with Gasteiger partial charge in [0.25, 0.3) is 0 Å². The topological polar surface area (TPSA) is 95.3 Å². The quantitative estimate of drug-likeness (QED) is 0.682. The number of aromatic carboxylic acids is 1. The molecule has 0 amide bonds. The van der Waals surface area contributed by atoms with Crippen molar-refractivity contribution >= 4 is 11.8 Å². The van der Waals surface area contributed by atoms with Gasteiger partial charge in [0.15, 0.2) is 5.69 Å². The van der Waals surface area contributed by atoms with Crippen LogP contribution >= 0.6 is 0 Å². The van der Waals surface area contributed by atoms with E-state index >= 15 is 0 Å². The van der Waals surface area contributed by atoms with Gasteiger partial charge in [-0.25, -0.2) is 9.78 Å². The van der Waals surface area contributed by atoms with Crippen molar-refractivity contribution in [2.75, 3.05) is 11.9 Å². The minimum absolute atomic E-state index is 0.0707. The lowest BCUT2D eigenvalue weighted by molar-refractivity contribution is 0.0486. The Morgan fingerprint density at radius 2 is 2.25 bits per heavy atom. The predicted molar refractivity (Wildman–Crippen MR) is 56.2 cm³/mol. The third-order valence-electron chi connectivity index (χ3n) is 2.64. The second kappa shape index (κ2) is 4.44. The van der Waals surface area contributed by atoms with Crippen LogP contribution in [-0.2, 0) is 0 Å². The third kappa shape index (κ3) is 2.46. The Labute approximate surface area is 92.4 Å². The molecule has 0 saturated heterocycles. The zero-order valence-corrected chi connectivity index (χ0v) is 8.63. The molecule has 0 bridgehead atoms. The van der Waals surface area contributed by atoms with Gasteiger partial charge in [-0.2, -0.15) is 0 Å². The summed E-state index contributed by atoms with van der Waals surface area (Å²) in [5.41, 5.74) is -0.0707. The van der Waals surface area contributed by atoms with Crippen LogP contribution in [0.3, 0.4) is 0 Å². The normalized spacial score (nSPS) is 23.6. The predicted octanol–water partition coefficient (Wildman–Crippen LogP) is 0.358. The van der Waals surface area contributed by atoms with E-state index < -0.39 is 5.97 Å². The summed E-state index contributed by atoms with van der Waals surface area (Å²) >= 11 is 0. The van der Waals surface area contributed by atoms with Gasteiger partial charge in [0.2, 0.25) is 0 Å². The number of carboxylic acid groups (broad SMARTS) is 1. The number of aliphatic hydroxyl groups is 1. The van der Waals surface area contributed by atoms with Crippen LogP contribution in [0.5, 0.6) is 0 Å². The fourth-order valence-corrected chi connectivity index (χ4v) is 1.67. The third-order valence-corrected chi connectivity index (χ3v) is 2.64. The molecule has 2 rings (SSSR count). The van der Waals surface area contributed by atoms with Crippen molar-refractivity contribution in [1.82, 2.24) is 9.97 Å². The lowest BCUT2D eigenvalue weighted by Gasteiger charge is -2.31. The number of nitrogens with zero attached hydrogens (tertiary/aromatic N) is 2. The smallest absolute Gasteiger partial charge is 0.356 e. The Balaban J connectivity index is 1.89. The van der Waals surface area contributed by atoms with Crippen LogP contribution in [0, 0.1) is 5.92 Å². The van der Waals surface area contributed by atoms with Crippen LogP contribution in [0.15, 0.2) is 12.4 Å². The molecule has 0 atom stereocenters. The van der Waals surface area contributed by atoms with Gasteiger partial charge in [0, 0.05) is 6.54 Å². The van der Waals surface area contributed by atoms with E-state index in [0.29, 0.717) is 18.3 Å². The number of hydrogen-bond donors (Lipinski definition) is 3. The summed E-state index contributed by atoms with van der Waals surface area (Å²) in [7, 11) is 0. The molecule has 0 aliphatic heterocycles. The summed E-state index contributed by atoms with van der Waals surface area (Å²) in [6.07, 6.45) is 4.10. The highest BCUT2D eigenvalue weighted by Crippen LogP contribution is 2.26. The Morgan fingerprint density at radius 3 is 2.88 bits per heavy atom. The molecule has 1 aromatic heterocycles. The fraction of sp³-hybridized carbons (Fsp3) is 0.500. The number of carbonyl (C=O) groups is 1. The van der Waals surface area contributed by atoms with Gasteiger partial charge in [-0.3, -0.25) is 4.98 Å². The number of aliphatic hydroxyl groups excluding tert-OH is 1. The summed E-state index contributed by atoms with van der Waals surface area (Å²) in [6, 6.07) is 0. The van der Waals surface area contributed by atoms with Gasteiger partial charge in [-0.15, -0.1) is 0 Å². The maximum Gasteiger partial charge on any atom is 0.356 e. The molecule has 1 saturated carbocycles. The first-order valence-electron chi connectivity index (χ1n) is 5.12.